The van der Waals surface area contributed by atoms with Crippen molar-refractivity contribution in [3.63, 3.8) is 0 Å². The van der Waals surface area contributed by atoms with Crippen LogP contribution in [0.5, 0.6) is 0 Å². The third-order valence-corrected chi connectivity index (χ3v) is 5.37. The van der Waals surface area contributed by atoms with E-state index in [9.17, 15) is 4.79 Å². The Morgan fingerprint density at radius 1 is 1.27 bits per heavy atom. The van der Waals surface area contributed by atoms with Crippen molar-refractivity contribution in [2.75, 3.05) is 0 Å². The Bertz CT molecular complexity index is 476. The largest absolute Gasteiger partial charge is 0.299 e. The van der Waals surface area contributed by atoms with E-state index >= 15 is 0 Å². The lowest BCUT2D eigenvalue weighted by Crippen LogP contribution is -2.17. The second kappa shape index (κ2) is 8.31. The van der Waals surface area contributed by atoms with Gasteiger partial charge in [-0.25, -0.2) is 0 Å². The van der Waals surface area contributed by atoms with E-state index in [1.54, 1.807) is 0 Å². The number of Topliss-reactive ketones (excluding diaryl/α,β-unsaturated/α-hetero) is 1. The number of hydrogen-bond acceptors (Lipinski definition) is 1. The molecule has 0 spiro atoms. The predicted octanol–water partition coefficient (Wildman–Crippen LogP) is 5.45. The van der Waals surface area contributed by atoms with Crippen molar-refractivity contribution in [1.82, 2.24) is 0 Å². The van der Waals surface area contributed by atoms with Crippen LogP contribution in [-0.2, 0) is 11.2 Å². The molecule has 1 saturated carbocycles. The molecule has 0 aromatic heterocycles. The van der Waals surface area contributed by atoms with Gasteiger partial charge in [-0.3, -0.25) is 4.79 Å². The average Bonchev–Trinajstić information content (AvgIpc) is 2.78. The highest BCUT2D eigenvalue weighted by Gasteiger charge is 2.38. The Morgan fingerprint density at radius 3 is 2.68 bits per heavy atom. The lowest BCUT2D eigenvalue weighted by atomic mass is 9.82. The highest BCUT2D eigenvalue weighted by molar-refractivity contribution is 5.84. The van der Waals surface area contributed by atoms with Crippen molar-refractivity contribution >= 4 is 5.78 Å². The van der Waals surface area contributed by atoms with E-state index in [1.807, 2.05) is 6.08 Å². The van der Waals surface area contributed by atoms with Crippen LogP contribution in [0.1, 0.15) is 51.5 Å². The topological polar surface area (TPSA) is 17.1 Å². The van der Waals surface area contributed by atoms with E-state index in [0.717, 1.165) is 25.2 Å². The molecule has 1 nitrogen and oxygen atoms in total. The van der Waals surface area contributed by atoms with Crippen molar-refractivity contribution in [3.05, 3.63) is 48.6 Å². The molecular formula is C21H30O. The maximum atomic E-state index is 12.1. The van der Waals surface area contributed by atoms with E-state index in [2.05, 4.69) is 50.8 Å². The molecule has 1 aromatic carbocycles. The second-order valence-corrected chi connectivity index (χ2v) is 7.15. The zero-order chi connectivity index (χ0) is 15.9. The fourth-order valence-corrected chi connectivity index (χ4v) is 3.91. The summed E-state index contributed by atoms with van der Waals surface area (Å²) in [7, 11) is 0. The lowest BCUT2D eigenvalue weighted by molar-refractivity contribution is -0.121. The Hall–Kier alpha value is -1.37. The Kier molecular flexibility index (Phi) is 6.42. The summed E-state index contributed by atoms with van der Waals surface area (Å²) < 4.78 is 0. The molecule has 1 aliphatic rings. The number of rotatable bonds is 8. The number of carbonyl (C=O) groups is 1. The SMILES string of the molecule is C=CC[C@H]1C(=O)C[C@@H](C)[C@@H]1CC[C@@H](C)CCc1ccccc1. The summed E-state index contributed by atoms with van der Waals surface area (Å²) in [5, 5.41) is 0. The fourth-order valence-electron chi connectivity index (χ4n) is 3.91. The van der Waals surface area contributed by atoms with Crippen LogP contribution < -0.4 is 0 Å². The van der Waals surface area contributed by atoms with Crippen molar-refractivity contribution < 1.29 is 4.79 Å². The minimum Gasteiger partial charge on any atom is -0.299 e. The van der Waals surface area contributed by atoms with Gasteiger partial charge in [-0.2, -0.15) is 0 Å². The number of aryl methyl sites for hydroxylation is 1. The molecule has 0 saturated heterocycles. The number of benzene rings is 1. The first-order chi connectivity index (χ1) is 10.6. The summed E-state index contributed by atoms with van der Waals surface area (Å²) in [4.78, 5) is 12.1. The minimum atomic E-state index is 0.244. The molecule has 120 valence electrons. The molecule has 0 aliphatic heterocycles. The molecule has 1 aliphatic carbocycles. The first-order valence-corrected chi connectivity index (χ1v) is 8.79. The summed E-state index contributed by atoms with van der Waals surface area (Å²) in [6.07, 6.45) is 8.41. The molecule has 0 N–H and O–H groups in total. The Balaban J connectivity index is 1.78. The maximum absolute atomic E-state index is 12.1. The van der Waals surface area contributed by atoms with Crippen LogP contribution in [0.15, 0.2) is 43.0 Å². The first kappa shape index (κ1) is 17.0. The molecule has 0 unspecified atom stereocenters. The summed E-state index contributed by atoms with van der Waals surface area (Å²) in [6, 6.07) is 10.7. The summed E-state index contributed by atoms with van der Waals surface area (Å²) in [5.41, 5.74) is 1.43. The summed E-state index contributed by atoms with van der Waals surface area (Å²) >= 11 is 0. The number of allylic oxidation sites excluding steroid dienone is 1. The van der Waals surface area contributed by atoms with Gasteiger partial charge < -0.3 is 0 Å². The van der Waals surface area contributed by atoms with Gasteiger partial charge in [-0.05, 0) is 49.0 Å². The van der Waals surface area contributed by atoms with E-state index in [4.69, 9.17) is 0 Å². The van der Waals surface area contributed by atoms with Gasteiger partial charge in [0.15, 0.2) is 0 Å². The van der Waals surface area contributed by atoms with E-state index in [0.29, 0.717) is 17.6 Å². The van der Waals surface area contributed by atoms with Crippen molar-refractivity contribution in [2.24, 2.45) is 23.7 Å². The zero-order valence-electron chi connectivity index (χ0n) is 14.1. The van der Waals surface area contributed by atoms with E-state index in [-0.39, 0.29) is 5.92 Å². The second-order valence-electron chi connectivity index (χ2n) is 7.15. The van der Waals surface area contributed by atoms with Gasteiger partial charge in [-0.1, -0.05) is 56.7 Å². The van der Waals surface area contributed by atoms with Crippen LogP contribution in [0.25, 0.3) is 0 Å². The minimum absolute atomic E-state index is 0.244. The molecular weight excluding hydrogens is 268 g/mol. The predicted molar refractivity (Wildman–Crippen MR) is 93.7 cm³/mol. The van der Waals surface area contributed by atoms with Crippen molar-refractivity contribution in [1.29, 1.82) is 0 Å². The summed E-state index contributed by atoms with van der Waals surface area (Å²) in [5.74, 6) is 2.57. The van der Waals surface area contributed by atoms with Crippen molar-refractivity contribution in [3.8, 4) is 0 Å². The number of carbonyl (C=O) groups excluding carboxylic acids is 1. The zero-order valence-corrected chi connectivity index (χ0v) is 14.1. The van der Waals surface area contributed by atoms with Crippen LogP contribution >= 0.6 is 0 Å². The van der Waals surface area contributed by atoms with E-state index in [1.165, 1.54) is 24.8 Å². The molecule has 0 amide bonds. The third-order valence-electron chi connectivity index (χ3n) is 5.37. The van der Waals surface area contributed by atoms with Gasteiger partial charge in [0.05, 0.1) is 0 Å². The molecule has 1 aromatic rings. The third kappa shape index (κ3) is 4.56. The van der Waals surface area contributed by atoms with Crippen LogP contribution in [-0.4, -0.2) is 5.78 Å². The van der Waals surface area contributed by atoms with Gasteiger partial charge in [-0.15, -0.1) is 6.58 Å². The molecule has 22 heavy (non-hydrogen) atoms. The quantitative estimate of drug-likeness (QED) is 0.583. The standard InChI is InChI=1S/C21H30O/c1-4-8-20-19(17(3)15-21(20)22)14-12-16(2)11-13-18-9-6-5-7-10-18/h4-7,9-10,16-17,19-20H,1,8,11-15H2,2-3H3/t16-,17+,19-,20+/m0/s1. The highest BCUT2D eigenvalue weighted by atomic mass is 16.1. The van der Waals surface area contributed by atoms with Crippen LogP contribution in [0.3, 0.4) is 0 Å². The van der Waals surface area contributed by atoms with Gasteiger partial charge in [0.1, 0.15) is 5.78 Å². The van der Waals surface area contributed by atoms with Gasteiger partial charge >= 0.3 is 0 Å². The number of ketones is 1. The molecule has 1 heteroatoms. The molecule has 0 radical (unpaired) electrons. The van der Waals surface area contributed by atoms with Gasteiger partial charge in [0.25, 0.3) is 0 Å². The first-order valence-electron chi connectivity index (χ1n) is 8.79. The average molecular weight is 298 g/mol. The van der Waals surface area contributed by atoms with Gasteiger partial charge in [0.2, 0.25) is 0 Å². The van der Waals surface area contributed by atoms with Crippen molar-refractivity contribution in [2.45, 2.75) is 52.4 Å². The number of hydrogen-bond donors (Lipinski definition) is 0. The molecule has 0 bridgehead atoms. The van der Waals surface area contributed by atoms with Crippen LogP contribution in [0, 0.1) is 23.7 Å². The molecule has 0 heterocycles. The smallest absolute Gasteiger partial charge is 0.136 e. The highest BCUT2D eigenvalue weighted by Crippen LogP contribution is 2.40. The monoisotopic (exact) mass is 298 g/mol. The fraction of sp³-hybridized carbons (Fsp3) is 0.571. The van der Waals surface area contributed by atoms with Crippen LogP contribution in [0.4, 0.5) is 0 Å². The Morgan fingerprint density at radius 2 is 2.00 bits per heavy atom. The molecule has 1 fully saturated rings. The Labute approximate surface area is 135 Å². The molecule has 4 atom stereocenters. The maximum Gasteiger partial charge on any atom is 0.136 e. The normalized spacial score (nSPS) is 26.1. The van der Waals surface area contributed by atoms with E-state index < -0.39 is 0 Å². The molecule has 2 rings (SSSR count). The summed E-state index contributed by atoms with van der Waals surface area (Å²) in [6.45, 7) is 8.43. The van der Waals surface area contributed by atoms with Crippen LogP contribution in [0.2, 0.25) is 0 Å². The lowest BCUT2D eigenvalue weighted by Gasteiger charge is -2.22. The van der Waals surface area contributed by atoms with Gasteiger partial charge in [0, 0.05) is 12.3 Å².